The molecule has 4 aromatic rings. The Morgan fingerprint density at radius 1 is 1.00 bits per heavy atom. The minimum atomic E-state index is 0.206. The van der Waals surface area contributed by atoms with Gasteiger partial charge in [-0.05, 0) is 46.8 Å². The molecule has 2 aromatic carbocycles. The molecule has 0 aliphatic carbocycles. The van der Waals surface area contributed by atoms with Crippen molar-refractivity contribution in [2.45, 2.75) is 0 Å². The largest absolute Gasteiger partial charge is 0.508 e. The molecule has 0 saturated carbocycles. The van der Waals surface area contributed by atoms with Crippen LogP contribution in [-0.4, -0.2) is 30.3 Å². The number of hydrogen-bond acceptors (Lipinski definition) is 6. The number of fused-ring (bicyclic) bond motifs is 1. The molecule has 0 amide bonds. The van der Waals surface area contributed by atoms with Gasteiger partial charge in [0.15, 0.2) is 5.82 Å². The van der Waals surface area contributed by atoms with Gasteiger partial charge in [-0.3, -0.25) is 0 Å². The quantitative estimate of drug-likeness (QED) is 0.615. The van der Waals surface area contributed by atoms with Gasteiger partial charge in [0.05, 0.1) is 10.2 Å². The van der Waals surface area contributed by atoms with Gasteiger partial charge in [0.1, 0.15) is 5.75 Å². The van der Waals surface area contributed by atoms with Crippen LogP contribution in [0.2, 0.25) is 0 Å². The van der Waals surface area contributed by atoms with Gasteiger partial charge >= 0.3 is 0 Å². The van der Waals surface area contributed by atoms with Crippen LogP contribution < -0.4 is 0 Å². The number of rotatable bonds is 2. The van der Waals surface area contributed by atoms with Gasteiger partial charge in [-0.2, -0.15) is 4.68 Å². The van der Waals surface area contributed by atoms with Gasteiger partial charge in [-0.25, -0.2) is 4.98 Å². The van der Waals surface area contributed by atoms with Crippen molar-refractivity contribution >= 4 is 21.6 Å². The molecule has 21 heavy (non-hydrogen) atoms. The van der Waals surface area contributed by atoms with Crippen molar-refractivity contribution in [1.82, 2.24) is 25.2 Å². The van der Waals surface area contributed by atoms with E-state index in [-0.39, 0.29) is 5.75 Å². The van der Waals surface area contributed by atoms with Crippen molar-refractivity contribution in [2.75, 3.05) is 0 Å². The molecule has 0 fully saturated rings. The minimum Gasteiger partial charge on any atom is -0.508 e. The van der Waals surface area contributed by atoms with Crippen molar-refractivity contribution in [3.05, 3.63) is 48.5 Å². The van der Waals surface area contributed by atoms with Crippen LogP contribution in [0.15, 0.2) is 48.5 Å². The van der Waals surface area contributed by atoms with Crippen molar-refractivity contribution in [2.24, 2.45) is 0 Å². The van der Waals surface area contributed by atoms with Crippen LogP contribution in [0, 0.1) is 0 Å². The van der Waals surface area contributed by atoms with E-state index in [0.29, 0.717) is 11.0 Å². The Balaban J connectivity index is 1.86. The molecule has 0 radical (unpaired) electrons. The fraction of sp³-hybridized carbons (Fsp3) is 0. The fourth-order valence-corrected chi connectivity index (χ4v) is 2.97. The zero-order chi connectivity index (χ0) is 14.2. The number of phenolic OH excluding ortho intramolecular Hbond substituents is 1. The molecule has 0 aliphatic heterocycles. The molecule has 0 unspecified atom stereocenters. The smallest absolute Gasteiger partial charge is 0.215 e. The van der Waals surface area contributed by atoms with Crippen LogP contribution in [-0.2, 0) is 0 Å². The van der Waals surface area contributed by atoms with E-state index in [1.807, 2.05) is 24.3 Å². The van der Waals surface area contributed by atoms with Crippen LogP contribution in [0.4, 0.5) is 0 Å². The highest BCUT2D eigenvalue weighted by Crippen LogP contribution is 2.27. The van der Waals surface area contributed by atoms with Gasteiger partial charge < -0.3 is 5.11 Å². The molecule has 4 rings (SSSR count). The first kappa shape index (κ1) is 12.0. The van der Waals surface area contributed by atoms with Crippen LogP contribution >= 0.6 is 11.3 Å². The predicted molar refractivity (Wildman–Crippen MR) is 79.4 cm³/mol. The first-order valence-electron chi connectivity index (χ1n) is 6.25. The SMILES string of the molecule is Oc1ccc(-c2nnnn2-c2nc3ccccc3s2)cc1. The lowest BCUT2D eigenvalue weighted by atomic mass is 10.2. The highest BCUT2D eigenvalue weighted by molar-refractivity contribution is 7.20. The Morgan fingerprint density at radius 2 is 1.81 bits per heavy atom. The van der Waals surface area contributed by atoms with Gasteiger partial charge in [-0.1, -0.05) is 23.5 Å². The summed E-state index contributed by atoms with van der Waals surface area (Å²) in [4.78, 5) is 4.55. The van der Waals surface area contributed by atoms with Crippen LogP contribution in [0.1, 0.15) is 0 Å². The Hall–Kier alpha value is -2.80. The lowest BCUT2D eigenvalue weighted by Gasteiger charge is -2.00. The third kappa shape index (κ3) is 2.03. The molecule has 0 bridgehead atoms. The topological polar surface area (TPSA) is 76.7 Å². The molecular weight excluding hydrogens is 286 g/mol. The number of hydrogen-bond donors (Lipinski definition) is 1. The van der Waals surface area contributed by atoms with E-state index in [4.69, 9.17) is 0 Å². The summed E-state index contributed by atoms with van der Waals surface area (Å²) in [6.45, 7) is 0. The predicted octanol–water partition coefficient (Wildman–Crippen LogP) is 2.64. The average Bonchev–Trinajstić information content (AvgIpc) is 3.14. The van der Waals surface area contributed by atoms with Gasteiger partial charge in [-0.15, -0.1) is 5.10 Å². The number of tetrazole rings is 1. The average molecular weight is 295 g/mol. The van der Waals surface area contributed by atoms with Gasteiger partial charge in [0.2, 0.25) is 5.13 Å². The van der Waals surface area contributed by atoms with E-state index < -0.39 is 0 Å². The molecule has 0 saturated heterocycles. The van der Waals surface area contributed by atoms with E-state index in [1.54, 1.807) is 28.9 Å². The van der Waals surface area contributed by atoms with E-state index in [1.165, 1.54) is 11.3 Å². The van der Waals surface area contributed by atoms with Crippen molar-refractivity contribution in [1.29, 1.82) is 0 Å². The Bertz CT molecular complexity index is 879. The second-order valence-corrected chi connectivity index (χ2v) is 5.43. The molecule has 0 atom stereocenters. The maximum absolute atomic E-state index is 9.37. The summed E-state index contributed by atoms with van der Waals surface area (Å²) in [7, 11) is 0. The molecular formula is C14H9N5OS. The molecule has 7 heteroatoms. The minimum absolute atomic E-state index is 0.206. The number of aromatic nitrogens is 5. The number of phenols is 1. The first-order chi connectivity index (χ1) is 10.3. The molecule has 2 aromatic heterocycles. The summed E-state index contributed by atoms with van der Waals surface area (Å²) in [5.74, 6) is 0.798. The number of para-hydroxylation sites is 1. The first-order valence-corrected chi connectivity index (χ1v) is 7.07. The maximum atomic E-state index is 9.37. The number of nitrogens with zero attached hydrogens (tertiary/aromatic N) is 5. The number of benzene rings is 2. The second kappa shape index (κ2) is 4.64. The standard InChI is InChI=1S/C14H9N5OS/c20-10-7-5-9(6-8-10)13-16-17-18-19(13)14-15-11-3-1-2-4-12(11)21-14/h1-8,20H. The summed E-state index contributed by atoms with van der Waals surface area (Å²) in [5, 5.41) is 21.9. The summed E-state index contributed by atoms with van der Waals surface area (Å²) < 4.78 is 2.69. The van der Waals surface area contributed by atoms with E-state index in [9.17, 15) is 5.11 Å². The van der Waals surface area contributed by atoms with Crippen LogP contribution in [0.5, 0.6) is 5.75 Å². The monoisotopic (exact) mass is 295 g/mol. The normalized spacial score (nSPS) is 11.0. The lowest BCUT2D eigenvalue weighted by Crippen LogP contribution is -1.98. The van der Waals surface area contributed by atoms with Crippen LogP contribution in [0.3, 0.4) is 0 Å². The molecule has 2 heterocycles. The molecule has 6 nitrogen and oxygen atoms in total. The number of aromatic hydroxyl groups is 1. The molecule has 1 N–H and O–H groups in total. The van der Waals surface area contributed by atoms with Crippen LogP contribution in [0.25, 0.3) is 26.7 Å². The van der Waals surface area contributed by atoms with E-state index >= 15 is 0 Å². The summed E-state index contributed by atoms with van der Waals surface area (Å²) in [6, 6.07) is 14.6. The highest BCUT2D eigenvalue weighted by Gasteiger charge is 2.14. The lowest BCUT2D eigenvalue weighted by molar-refractivity contribution is 0.475. The molecule has 102 valence electrons. The summed E-state index contributed by atoms with van der Waals surface area (Å²) in [6.07, 6.45) is 0. The van der Waals surface area contributed by atoms with Crippen molar-refractivity contribution in [3.8, 4) is 22.3 Å². The van der Waals surface area contributed by atoms with E-state index in [2.05, 4.69) is 20.5 Å². The fourth-order valence-electron chi connectivity index (χ4n) is 2.06. The van der Waals surface area contributed by atoms with Gasteiger partial charge in [0, 0.05) is 5.56 Å². The zero-order valence-corrected chi connectivity index (χ0v) is 11.5. The zero-order valence-electron chi connectivity index (χ0n) is 10.7. The summed E-state index contributed by atoms with van der Waals surface area (Å²) >= 11 is 1.53. The van der Waals surface area contributed by atoms with Crippen molar-refractivity contribution < 1.29 is 5.11 Å². The third-order valence-corrected chi connectivity index (χ3v) is 4.07. The Kier molecular flexibility index (Phi) is 2.65. The maximum Gasteiger partial charge on any atom is 0.215 e. The second-order valence-electron chi connectivity index (χ2n) is 4.43. The van der Waals surface area contributed by atoms with Crippen molar-refractivity contribution in [3.63, 3.8) is 0 Å². The third-order valence-electron chi connectivity index (χ3n) is 3.06. The highest BCUT2D eigenvalue weighted by atomic mass is 32.1. The summed E-state index contributed by atoms with van der Waals surface area (Å²) in [5.41, 5.74) is 1.74. The Labute approximate surface area is 123 Å². The number of thiazole rings is 1. The Morgan fingerprint density at radius 3 is 2.62 bits per heavy atom. The molecule has 0 aliphatic rings. The van der Waals surface area contributed by atoms with Gasteiger partial charge in [0.25, 0.3) is 0 Å². The van der Waals surface area contributed by atoms with E-state index in [0.717, 1.165) is 15.8 Å². The molecule has 0 spiro atoms.